The smallest absolute Gasteiger partial charge is 0.179 e. The average Bonchev–Trinajstić information content (AvgIpc) is 2.04. The minimum absolute atomic E-state index is 0.311. The van der Waals surface area contributed by atoms with Crippen LogP contribution in [0.3, 0.4) is 0 Å². The number of hydrogen-bond donors (Lipinski definition) is 0. The monoisotopic (exact) mass is 165 g/mol. The second kappa shape index (κ2) is 2.37. The molecule has 0 spiro atoms. The minimum atomic E-state index is -0.393. The van der Waals surface area contributed by atoms with E-state index in [9.17, 15) is 9.60 Å². The van der Waals surface area contributed by atoms with E-state index in [-0.39, 0.29) is 0 Å². The summed E-state index contributed by atoms with van der Waals surface area (Å²) in [6.07, 6.45) is 1.34. The Bertz CT molecular complexity index is 432. The van der Waals surface area contributed by atoms with Gasteiger partial charge >= 0.3 is 0 Å². The van der Waals surface area contributed by atoms with Gasteiger partial charge in [-0.1, -0.05) is 0 Å². The van der Waals surface area contributed by atoms with Crippen LogP contribution in [0.25, 0.3) is 10.9 Å². The zero-order valence-electron chi connectivity index (χ0n) is 5.94. The lowest BCUT2D eigenvalue weighted by molar-refractivity contribution is -0.648. The molecule has 0 aliphatic carbocycles. The van der Waals surface area contributed by atoms with E-state index in [0.29, 0.717) is 15.7 Å². The molecular weight excluding hydrogens is 161 g/mol. The number of aromatic nitrogens is 3. The number of hydrogen-bond acceptors (Lipinski definition) is 3. The molecule has 12 heavy (non-hydrogen) atoms. The number of benzene rings is 1. The van der Waals surface area contributed by atoms with E-state index >= 15 is 0 Å². The molecular formula is C7H4FN3O. The zero-order valence-corrected chi connectivity index (χ0v) is 5.94. The van der Waals surface area contributed by atoms with Gasteiger partial charge in [-0.05, 0) is 18.2 Å². The summed E-state index contributed by atoms with van der Waals surface area (Å²) in [5.74, 6) is -0.393. The van der Waals surface area contributed by atoms with Gasteiger partial charge in [0.1, 0.15) is 11.0 Å². The van der Waals surface area contributed by atoms with Crippen molar-refractivity contribution < 1.29 is 9.24 Å². The van der Waals surface area contributed by atoms with Crippen molar-refractivity contribution in [1.29, 1.82) is 0 Å². The normalized spacial score (nSPS) is 10.4. The van der Waals surface area contributed by atoms with Gasteiger partial charge in [-0.25, -0.2) is 4.39 Å². The molecule has 4 nitrogen and oxygen atoms in total. The molecule has 0 N–H and O–H groups in total. The first-order chi connectivity index (χ1) is 5.77. The number of fused-ring (bicyclic) bond motifs is 1. The zero-order chi connectivity index (χ0) is 8.55. The van der Waals surface area contributed by atoms with E-state index in [1.54, 1.807) is 0 Å². The maximum atomic E-state index is 12.6. The van der Waals surface area contributed by atoms with Crippen molar-refractivity contribution in [2.45, 2.75) is 0 Å². The third-order valence-electron chi connectivity index (χ3n) is 1.53. The molecule has 0 aliphatic rings. The van der Waals surface area contributed by atoms with Gasteiger partial charge in [0, 0.05) is 0 Å². The maximum absolute atomic E-state index is 12.6. The second-order valence-electron chi connectivity index (χ2n) is 2.31. The van der Waals surface area contributed by atoms with Crippen LogP contribution in [0.1, 0.15) is 0 Å². The highest BCUT2D eigenvalue weighted by atomic mass is 19.1. The van der Waals surface area contributed by atoms with E-state index in [4.69, 9.17) is 0 Å². The summed E-state index contributed by atoms with van der Waals surface area (Å²) in [5.41, 5.74) is 0.311. The lowest BCUT2D eigenvalue weighted by Crippen LogP contribution is -2.32. The Morgan fingerprint density at radius 1 is 1.42 bits per heavy atom. The van der Waals surface area contributed by atoms with Crippen molar-refractivity contribution in [2.24, 2.45) is 0 Å². The van der Waals surface area contributed by atoms with Crippen LogP contribution in [0.4, 0.5) is 4.39 Å². The first kappa shape index (κ1) is 6.90. The predicted molar refractivity (Wildman–Crippen MR) is 38.5 cm³/mol. The Labute approximate surface area is 66.8 Å². The molecule has 2 aromatic rings. The van der Waals surface area contributed by atoms with Crippen LogP contribution in [0.5, 0.6) is 0 Å². The van der Waals surface area contributed by atoms with Crippen molar-refractivity contribution in [1.82, 2.24) is 10.3 Å². The highest BCUT2D eigenvalue weighted by molar-refractivity contribution is 5.74. The fourth-order valence-electron chi connectivity index (χ4n) is 0.986. The van der Waals surface area contributed by atoms with Crippen molar-refractivity contribution >= 4 is 10.9 Å². The van der Waals surface area contributed by atoms with E-state index < -0.39 is 5.82 Å². The highest BCUT2D eigenvalue weighted by Crippen LogP contribution is 2.08. The standard InChI is InChI=1S/C7H4FN3O/c8-6-1-2-7-5(3-6)4-9-10-11(7)12/h1-4H. The summed E-state index contributed by atoms with van der Waals surface area (Å²) in [5, 5.41) is 18.0. The summed E-state index contributed by atoms with van der Waals surface area (Å²) in [6.45, 7) is 0. The van der Waals surface area contributed by atoms with Crippen molar-refractivity contribution in [3.05, 3.63) is 35.4 Å². The summed E-state index contributed by atoms with van der Waals surface area (Å²) < 4.78 is 12.6. The molecule has 0 fully saturated rings. The topological polar surface area (TPSA) is 52.7 Å². The molecule has 1 heterocycles. The summed E-state index contributed by atoms with van der Waals surface area (Å²) in [6, 6.07) is 3.81. The summed E-state index contributed by atoms with van der Waals surface area (Å²) >= 11 is 0. The van der Waals surface area contributed by atoms with Crippen molar-refractivity contribution in [3.63, 3.8) is 0 Å². The second-order valence-corrected chi connectivity index (χ2v) is 2.31. The minimum Gasteiger partial charge on any atom is -0.691 e. The quantitative estimate of drug-likeness (QED) is 0.419. The van der Waals surface area contributed by atoms with Gasteiger partial charge in [-0.15, -0.1) is 4.85 Å². The van der Waals surface area contributed by atoms with Gasteiger partial charge < -0.3 is 5.21 Å². The maximum Gasteiger partial charge on any atom is 0.179 e. The Hall–Kier alpha value is -1.78. The van der Waals surface area contributed by atoms with Crippen molar-refractivity contribution in [3.8, 4) is 0 Å². The van der Waals surface area contributed by atoms with Crippen LogP contribution in [0, 0.1) is 11.0 Å². The Morgan fingerprint density at radius 2 is 2.25 bits per heavy atom. The lowest BCUT2D eigenvalue weighted by Gasteiger charge is -1.99. The van der Waals surface area contributed by atoms with E-state index in [0.717, 1.165) is 0 Å². The number of rotatable bonds is 0. The van der Waals surface area contributed by atoms with Crippen LogP contribution >= 0.6 is 0 Å². The third-order valence-corrected chi connectivity index (χ3v) is 1.53. The molecule has 0 unspecified atom stereocenters. The average molecular weight is 165 g/mol. The molecule has 1 aromatic carbocycles. The van der Waals surface area contributed by atoms with E-state index in [2.05, 4.69) is 10.3 Å². The fraction of sp³-hybridized carbons (Fsp3) is 0. The fourth-order valence-corrected chi connectivity index (χ4v) is 0.986. The molecule has 60 valence electrons. The van der Waals surface area contributed by atoms with E-state index in [1.165, 1.54) is 24.4 Å². The molecule has 0 aliphatic heterocycles. The lowest BCUT2D eigenvalue weighted by atomic mass is 10.2. The largest absolute Gasteiger partial charge is 0.691 e. The molecule has 0 radical (unpaired) electrons. The SMILES string of the molecule is [O-][n+]1nncc2cc(F)ccc21. The Balaban J connectivity index is 2.86. The molecule has 5 heteroatoms. The molecule has 1 aromatic heterocycles. The van der Waals surface area contributed by atoms with Crippen LogP contribution < -0.4 is 4.85 Å². The molecule has 0 saturated carbocycles. The van der Waals surface area contributed by atoms with Gasteiger partial charge in [-0.3, -0.25) is 0 Å². The molecule has 0 amide bonds. The van der Waals surface area contributed by atoms with Crippen molar-refractivity contribution in [2.75, 3.05) is 0 Å². The molecule has 0 saturated heterocycles. The summed E-state index contributed by atoms with van der Waals surface area (Å²) in [4.78, 5) is 0.356. The van der Waals surface area contributed by atoms with Gasteiger partial charge in [0.15, 0.2) is 11.7 Å². The van der Waals surface area contributed by atoms with Crippen LogP contribution in [0.2, 0.25) is 0 Å². The highest BCUT2D eigenvalue weighted by Gasteiger charge is 2.02. The Morgan fingerprint density at radius 3 is 3.08 bits per heavy atom. The van der Waals surface area contributed by atoms with Crippen LogP contribution in [0.15, 0.2) is 24.4 Å². The van der Waals surface area contributed by atoms with Gasteiger partial charge in [0.05, 0.1) is 10.5 Å². The number of halogens is 1. The first-order valence-electron chi connectivity index (χ1n) is 3.28. The third kappa shape index (κ3) is 0.952. The van der Waals surface area contributed by atoms with E-state index in [1.807, 2.05) is 0 Å². The molecule has 2 rings (SSSR count). The molecule has 0 atom stereocenters. The van der Waals surface area contributed by atoms with Gasteiger partial charge in [0.25, 0.3) is 0 Å². The van der Waals surface area contributed by atoms with Crippen LogP contribution in [-0.4, -0.2) is 10.3 Å². The number of nitrogens with zero attached hydrogens (tertiary/aromatic N) is 3. The summed E-state index contributed by atoms with van der Waals surface area (Å²) in [7, 11) is 0. The molecule has 0 bridgehead atoms. The Kier molecular flexibility index (Phi) is 1.36. The first-order valence-corrected chi connectivity index (χ1v) is 3.28. The predicted octanol–water partition coefficient (Wildman–Crippen LogP) is 0.402. The van der Waals surface area contributed by atoms with Gasteiger partial charge in [-0.2, -0.15) is 0 Å². The van der Waals surface area contributed by atoms with Crippen LogP contribution in [-0.2, 0) is 0 Å². The van der Waals surface area contributed by atoms with Gasteiger partial charge in [0.2, 0.25) is 0 Å².